The SMILES string of the molecule is CCC(Oc1ccc(C(C)(C)C)cc1)C(=O)N(C)Cc1nc(-c2ccc(Cl)cc2)no1. The fourth-order valence-corrected chi connectivity index (χ4v) is 3.19. The Labute approximate surface area is 188 Å². The monoisotopic (exact) mass is 441 g/mol. The summed E-state index contributed by atoms with van der Waals surface area (Å²) in [4.78, 5) is 18.8. The predicted molar refractivity (Wildman–Crippen MR) is 121 cm³/mol. The fraction of sp³-hybridized carbons (Fsp3) is 0.375. The molecule has 1 aromatic heterocycles. The summed E-state index contributed by atoms with van der Waals surface area (Å²) in [6.45, 7) is 8.59. The van der Waals surface area contributed by atoms with Gasteiger partial charge in [-0.1, -0.05) is 56.6 Å². The normalized spacial score (nSPS) is 12.5. The van der Waals surface area contributed by atoms with Crippen molar-refractivity contribution in [2.45, 2.75) is 52.2 Å². The fourth-order valence-electron chi connectivity index (χ4n) is 3.07. The maximum atomic E-state index is 12.9. The lowest BCUT2D eigenvalue weighted by Gasteiger charge is -2.23. The van der Waals surface area contributed by atoms with E-state index in [0.717, 1.165) is 5.56 Å². The van der Waals surface area contributed by atoms with Gasteiger partial charge in [0.2, 0.25) is 11.7 Å². The van der Waals surface area contributed by atoms with Crippen LogP contribution in [0.1, 0.15) is 45.6 Å². The first-order chi connectivity index (χ1) is 14.7. The van der Waals surface area contributed by atoms with E-state index in [0.29, 0.717) is 28.9 Å². The Hall–Kier alpha value is -2.86. The highest BCUT2D eigenvalue weighted by atomic mass is 35.5. The molecule has 1 unspecified atom stereocenters. The quantitative estimate of drug-likeness (QED) is 0.484. The van der Waals surface area contributed by atoms with Gasteiger partial charge in [-0.3, -0.25) is 4.79 Å². The van der Waals surface area contributed by atoms with Crippen molar-refractivity contribution in [3.63, 3.8) is 0 Å². The summed E-state index contributed by atoms with van der Waals surface area (Å²) in [5.41, 5.74) is 2.07. The molecule has 0 radical (unpaired) electrons. The molecule has 164 valence electrons. The molecule has 0 bridgehead atoms. The van der Waals surface area contributed by atoms with Gasteiger partial charge in [0.25, 0.3) is 5.91 Å². The zero-order chi connectivity index (χ0) is 22.6. The number of ether oxygens (including phenoxy) is 1. The second kappa shape index (κ2) is 9.52. The molecule has 0 N–H and O–H groups in total. The Morgan fingerprint density at radius 2 is 1.77 bits per heavy atom. The van der Waals surface area contributed by atoms with Crippen LogP contribution in [0.4, 0.5) is 0 Å². The molecular formula is C24H28ClN3O3. The van der Waals surface area contributed by atoms with Crippen LogP contribution >= 0.6 is 11.6 Å². The molecule has 0 aliphatic rings. The maximum absolute atomic E-state index is 12.9. The third kappa shape index (κ3) is 5.85. The van der Waals surface area contributed by atoms with E-state index in [1.54, 1.807) is 19.2 Å². The van der Waals surface area contributed by atoms with Crippen LogP contribution in [0.2, 0.25) is 5.02 Å². The number of aromatic nitrogens is 2. The molecule has 0 saturated carbocycles. The highest BCUT2D eigenvalue weighted by Gasteiger charge is 2.24. The molecule has 7 heteroatoms. The van der Waals surface area contributed by atoms with Crippen molar-refractivity contribution in [2.75, 3.05) is 7.05 Å². The van der Waals surface area contributed by atoms with Gasteiger partial charge in [0, 0.05) is 17.6 Å². The second-order valence-corrected chi connectivity index (χ2v) is 8.94. The Bertz CT molecular complexity index is 1010. The van der Waals surface area contributed by atoms with Gasteiger partial charge in [-0.05, 0) is 53.8 Å². The molecule has 2 aromatic carbocycles. The van der Waals surface area contributed by atoms with Crippen molar-refractivity contribution < 1.29 is 14.1 Å². The van der Waals surface area contributed by atoms with Crippen LogP contribution in [0, 0.1) is 0 Å². The van der Waals surface area contributed by atoms with Crippen molar-refractivity contribution in [1.82, 2.24) is 15.0 Å². The molecule has 3 aromatic rings. The molecule has 0 aliphatic carbocycles. The molecule has 1 heterocycles. The van der Waals surface area contributed by atoms with Gasteiger partial charge in [-0.25, -0.2) is 0 Å². The van der Waals surface area contributed by atoms with Crippen LogP contribution < -0.4 is 4.74 Å². The van der Waals surface area contributed by atoms with E-state index in [4.69, 9.17) is 20.9 Å². The van der Waals surface area contributed by atoms with Crippen LogP contribution in [-0.4, -0.2) is 34.1 Å². The molecule has 6 nitrogen and oxygen atoms in total. The number of amides is 1. The largest absolute Gasteiger partial charge is 0.481 e. The summed E-state index contributed by atoms with van der Waals surface area (Å²) in [6, 6.07) is 15.1. The second-order valence-electron chi connectivity index (χ2n) is 8.50. The first kappa shape index (κ1) is 22.8. The van der Waals surface area contributed by atoms with Gasteiger partial charge in [0.05, 0.1) is 6.54 Å². The Balaban J connectivity index is 1.63. The third-order valence-corrected chi connectivity index (χ3v) is 5.22. The first-order valence-corrected chi connectivity index (χ1v) is 10.7. The van der Waals surface area contributed by atoms with Crippen molar-refractivity contribution >= 4 is 17.5 Å². The molecule has 31 heavy (non-hydrogen) atoms. The summed E-state index contributed by atoms with van der Waals surface area (Å²) in [7, 11) is 1.70. The van der Waals surface area contributed by atoms with Crippen LogP contribution in [-0.2, 0) is 16.8 Å². The number of rotatable bonds is 7. The number of benzene rings is 2. The minimum atomic E-state index is -0.593. The lowest BCUT2D eigenvalue weighted by Crippen LogP contribution is -2.39. The van der Waals surface area contributed by atoms with E-state index in [1.807, 2.05) is 43.3 Å². The standard InChI is InChI=1S/C24H28ClN3O3/c1-6-20(30-19-13-9-17(10-14-19)24(2,3)4)23(29)28(5)15-21-26-22(27-31-21)16-7-11-18(25)12-8-16/h7-14,20H,6,15H2,1-5H3. The topological polar surface area (TPSA) is 68.5 Å². The van der Waals surface area contributed by atoms with Crippen molar-refractivity contribution in [3.05, 3.63) is 65.0 Å². The van der Waals surface area contributed by atoms with E-state index in [9.17, 15) is 4.79 Å². The molecule has 0 spiro atoms. The van der Waals surface area contributed by atoms with E-state index < -0.39 is 6.10 Å². The zero-order valence-corrected chi connectivity index (χ0v) is 19.3. The van der Waals surface area contributed by atoms with Gasteiger partial charge < -0.3 is 14.2 Å². The Kier molecular flexibility index (Phi) is 7.01. The summed E-state index contributed by atoms with van der Waals surface area (Å²) < 4.78 is 11.3. The average Bonchev–Trinajstić information content (AvgIpc) is 3.20. The highest BCUT2D eigenvalue weighted by Crippen LogP contribution is 2.25. The summed E-state index contributed by atoms with van der Waals surface area (Å²) >= 11 is 5.92. The van der Waals surface area contributed by atoms with E-state index in [-0.39, 0.29) is 17.9 Å². The van der Waals surface area contributed by atoms with Gasteiger partial charge in [0.1, 0.15) is 5.75 Å². The number of hydrogen-bond acceptors (Lipinski definition) is 5. The summed E-state index contributed by atoms with van der Waals surface area (Å²) in [6.07, 6.45) is -0.0477. The molecule has 0 aliphatic heterocycles. The lowest BCUT2D eigenvalue weighted by molar-refractivity contribution is -0.138. The van der Waals surface area contributed by atoms with Crippen LogP contribution in [0.25, 0.3) is 11.4 Å². The molecule has 0 saturated heterocycles. The zero-order valence-electron chi connectivity index (χ0n) is 18.6. The molecule has 0 fully saturated rings. The number of hydrogen-bond donors (Lipinski definition) is 0. The minimum Gasteiger partial charge on any atom is -0.481 e. The summed E-state index contributed by atoms with van der Waals surface area (Å²) in [5, 5.41) is 4.63. The van der Waals surface area contributed by atoms with E-state index >= 15 is 0 Å². The average molecular weight is 442 g/mol. The predicted octanol–water partition coefficient (Wildman–Crippen LogP) is 5.50. The van der Waals surface area contributed by atoms with Crippen molar-refractivity contribution in [1.29, 1.82) is 0 Å². The first-order valence-electron chi connectivity index (χ1n) is 10.3. The molecular weight excluding hydrogens is 414 g/mol. The van der Waals surface area contributed by atoms with E-state index in [2.05, 4.69) is 30.9 Å². The summed E-state index contributed by atoms with van der Waals surface area (Å²) in [5.74, 6) is 1.33. The van der Waals surface area contributed by atoms with Crippen molar-refractivity contribution in [2.24, 2.45) is 0 Å². The molecule has 1 amide bonds. The van der Waals surface area contributed by atoms with Gasteiger partial charge in [-0.2, -0.15) is 4.98 Å². The highest BCUT2D eigenvalue weighted by molar-refractivity contribution is 6.30. The Morgan fingerprint density at radius 3 is 2.35 bits per heavy atom. The number of carbonyl (C=O) groups excluding carboxylic acids is 1. The number of nitrogens with zero attached hydrogens (tertiary/aromatic N) is 3. The van der Waals surface area contributed by atoms with Crippen LogP contribution in [0.15, 0.2) is 53.1 Å². The third-order valence-electron chi connectivity index (χ3n) is 4.96. The van der Waals surface area contributed by atoms with Gasteiger partial charge >= 0.3 is 0 Å². The van der Waals surface area contributed by atoms with Crippen molar-refractivity contribution in [3.8, 4) is 17.1 Å². The van der Waals surface area contributed by atoms with Crippen LogP contribution in [0.3, 0.4) is 0 Å². The smallest absolute Gasteiger partial charge is 0.263 e. The number of halogens is 1. The minimum absolute atomic E-state index is 0.0632. The van der Waals surface area contributed by atoms with E-state index in [1.165, 1.54) is 10.5 Å². The maximum Gasteiger partial charge on any atom is 0.263 e. The van der Waals surface area contributed by atoms with Gasteiger partial charge in [0.15, 0.2) is 6.10 Å². The lowest BCUT2D eigenvalue weighted by atomic mass is 9.87. The molecule has 3 rings (SSSR count). The van der Waals surface area contributed by atoms with Crippen LogP contribution in [0.5, 0.6) is 5.75 Å². The number of carbonyl (C=O) groups is 1. The van der Waals surface area contributed by atoms with Gasteiger partial charge in [-0.15, -0.1) is 0 Å². The molecule has 1 atom stereocenters. The number of likely N-dealkylation sites (N-methyl/N-ethyl adjacent to an activating group) is 1. The Morgan fingerprint density at radius 1 is 1.13 bits per heavy atom.